The van der Waals surface area contributed by atoms with Crippen molar-refractivity contribution in [3.8, 4) is 0 Å². The molecule has 0 unspecified atom stereocenters. The van der Waals surface area contributed by atoms with Crippen LogP contribution < -0.4 is 15.5 Å². The van der Waals surface area contributed by atoms with Crippen molar-refractivity contribution < 1.29 is 19.2 Å². The maximum atomic E-state index is 11.9. The predicted octanol–water partition coefficient (Wildman–Crippen LogP) is -0.569. The van der Waals surface area contributed by atoms with Gasteiger partial charge in [0.25, 0.3) is 0 Å². The standard InChI is InChI=1S/C14H23N3O3/c1-3-20-13(18)11-8-15-14(19)16-12(11)9-17-6-4-10(2)5-7-17/h10H,3-9H2,1-2H3,(H2,15,16,19)/p+1. The van der Waals surface area contributed by atoms with Gasteiger partial charge < -0.3 is 20.3 Å². The van der Waals surface area contributed by atoms with Gasteiger partial charge in [-0.25, -0.2) is 9.59 Å². The van der Waals surface area contributed by atoms with Gasteiger partial charge in [0.05, 0.1) is 37.5 Å². The summed E-state index contributed by atoms with van der Waals surface area (Å²) in [4.78, 5) is 24.8. The van der Waals surface area contributed by atoms with Gasteiger partial charge in [0, 0.05) is 0 Å². The van der Waals surface area contributed by atoms with Crippen LogP contribution in [-0.4, -0.2) is 44.8 Å². The van der Waals surface area contributed by atoms with Crippen LogP contribution >= 0.6 is 0 Å². The third-order valence-corrected chi connectivity index (χ3v) is 3.98. The van der Waals surface area contributed by atoms with Crippen LogP contribution in [0.25, 0.3) is 0 Å². The lowest BCUT2D eigenvalue weighted by atomic mass is 9.99. The summed E-state index contributed by atoms with van der Waals surface area (Å²) in [6, 6.07) is -0.238. The van der Waals surface area contributed by atoms with E-state index < -0.39 is 0 Å². The minimum atomic E-state index is -0.334. The molecule has 1 saturated heterocycles. The molecule has 2 aliphatic rings. The molecule has 0 bridgehead atoms. The number of hydrogen-bond donors (Lipinski definition) is 3. The Kier molecular flexibility index (Phi) is 5.00. The highest BCUT2D eigenvalue weighted by Crippen LogP contribution is 2.09. The lowest BCUT2D eigenvalue weighted by Crippen LogP contribution is -3.13. The van der Waals surface area contributed by atoms with E-state index in [0.717, 1.165) is 24.7 Å². The quantitative estimate of drug-likeness (QED) is 0.605. The molecule has 0 aromatic heterocycles. The van der Waals surface area contributed by atoms with E-state index in [2.05, 4.69) is 17.6 Å². The molecule has 2 aliphatic heterocycles. The van der Waals surface area contributed by atoms with E-state index in [4.69, 9.17) is 4.74 Å². The zero-order chi connectivity index (χ0) is 14.5. The fraction of sp³-hybridized carbons (Fsp3) is 0.714. The Morgan fingerprint density at radius 3 is 2.75 bits per heavy atom. The minimum Gasteiger partial charge on any atom is -0.463 e. The largest absolute Gasteiger partial charge is 0.463 e. The van der Waals surface area contributed by atoms with E-state index >= 15 is 0 Å². The molecule has 0 atom stereocenters. The van der Waals surface area contributed by atoms with Crippen molar-refractivity contribution in [2.75, 3.05) is 32.8 Å². The van der Waals surface area contributed by atoms with E-state index in [9.17, 15) is 9.59 Å². The van der Waals surface area contributed by atoms with Crippen molar-refractivity contribution in [2.45, 2.75) is 26.7 Å². The van der Waals surface area contributed by atoms with Crippen molar-refractivity contribution in [2.24, 2.45) is 5.92 Å². The molecule has 112 valence electrons. The molecule has 0 saturated carbocycles. The van der Waals surface area contributed by atoms with E-state index in [1.54, 1.807) is 6.92 Å². The minimum absolute atomic E-state index is 0.238. The Hall–Kier alpha value is -1.56. The molecule has 6 nitrogen and oxygen atoms in total. The number of piperidine rings is 1. The van der Waals surface area contributed by atoms with Gasteiger partial charge in [-0.05, 0) is 25.7 Å². The van der Waals surface area contributed by atoms with Crippen LogP contribution in [0, 0.1) is 5.92 Å². The van der Waals surface area contributed by atoms with Gasteiger partial charge in [0.15, 0.2) is 0 Å². The van der Waals surface area contributed by atoms with Gasteiger partial charge in [0.1, 0.15) is 6.54 Å². The molecule has 2 rings (SSSR count). The van der Waals surface area contributed by atoms with Gasteiger partial charge in [-0.3, -0.25) is 0 Å². The molecule has 0 radical (unpaired) electrons. The van der Waals surface area contributed by atoms with Crippen LogP contribution in [0.3, 0.4) is 0 Å². The number of urea groups is 1. The van der Waals surface area contributed by atoms with Crippen molar-refractivity contribution in [3.05, 3.63) is 11.3 Å². The maximum Gasteiger partial charge on any atom is 0.337 e. The summed E-state index contributed by atoms with van der Waals surface area (Å²) in [6.07, 6.45) is 2.40. The fourth-order valence-electron chi connectivity index (χ4n) is 2.69. The SMILES string of the molecule is CCOC(=O)C1=C(C[NH+]2CCC(C)CC2)NC(=O)NC1. The first-order valence-corrected chi connectivity index (χ1v) is 7.37. The molecule has 2 amide bonds. The first-order valence-electron chi connectivity index (χ1n) is 7.37. The second kappa shape index (κ2) is 6.74. The van der Waals surface area contributed by atoms with Crippen molar-refractivity contribution >= 4 is 12.0 Å². The molecule has 20 heavy (non-hydrogen) atoms. The summed E-state index contributed by atoms with van der Waals surface area (Å²) >= 11 is 0. The van der Waals surface area contributed by atoms with Gasteiger partial charge in [-0.2, -0.15) is 0 Å². The molecule has 0 aromatic carbocycles. The third-order valence-electron chi connectivity index (χ3n) is 3.98. The lowest BCUT2D eigenvalue weighted by molar-refractivity contribution is -0.901. The topological polar surface area (TPSA) is 71.9 Å². The molecule has 1 fully saturated rings. The summed E-state index contributed by atoms with van der Waals surface area (Å²) in [5.74, 6) is 0.444. The van der Waals surface area contributed by atoms with Gasteiger partial charge in [0.2, 0.25) is 0 Å². The van der Waals surface area contributed by atoms with Crippen LogP contribution in [-0.2, 0) is 9.53 Å². The smallest absolute Gasteiger partial charge is 0.337 e. The van der Waals surface area contributed by atoms with Crippen molar-refractivity contribution in [1.82, 2.24) is 10.6 Å². The molecule has 6 heteroatoms. The molecule has 3 N–H and O–H groups in total. The lowest BCUT2D eigenvalue weighted by Gasteiger charge is -2.30. The number of ether oxygens (including phenoxy) is 1. The number of nitrogens with one attached hydrogen (secondary N) is 3. The van der Waals surface area contributed by atoms with Crippen LogP contribution in [0.1, 0.15) is 26.7 Å². The van der Waals surface area contributed by atoms with E-state index in [1.807, 2.05) is 0 Å². The van der Waals surface area contributed by atoms with E-state index in [1.165, 1.54) is 17.7 Å². The van der Waals surface area contributed by atoms with Crippen LogP contribution in [0.5, 0.6) is 0 Å². The van der Waals surface area contributed by atoms with Crippen LogP contribution in [0.15, 0.2) is 11.3 Å². The average molecular weight is 282 g/mol. The number of likely N-dealkylation sites (tertiary alicyclic amines) is 1. The number of esters is 1. The van der Waals surface area contributed by atoms with E-state index in [-0.39, 0.29) is 18.5 Å². The number of amides is 2. The second-order valence-electron chi connectivity index (χ2n) is 5.59. The number of quaternary nitrogens is 1. The highest BCUT2D eigenvalue weighted by atomic mass is 16.5. The fourth-order valence-corrected chi connectivity index (χ4v) is 2.69. The highest BCUT2D eigenvalue weighted by molar-refractivity contribution is 5.93. The Bertz CT molecular complexity index is 412. The summed E-state index contributed by atoms with van der Waals surface area (Å²) in [6.45, 7) is 7.51. The average Bonchev–Trinajstić information content (AvgIpc) is 2.42. The zero-order valence-electron chi connectivity index (χ0n) is 12.3. The summed E-state index contributed by atoms with van der Waals surface area (Å²) < 4.78 is 5.06. The Morgan fingerprint density at radius 2 is 2.10 bits per heavy atom. The normalized spacial score (nSPS) is 26.8. The molecular weight excluding hydrogens is 258 g/mol. The highest BCUT2D eigenvalue weighted by Gasteiger charge is 2.28. The summed E-state index contributed by atoms with van der Waals surface area (Å²) in [5.41, 5.74) is 1.27. The first-order chi connectivity index (χ1) is 9.60. The van der Waals surface area contributed by atoms with Gasteiger partial charge >= 0.3 is 12.0 Å². The Labute approximate surface area is 119 Å². The number of rotatable bonds is 4. The Morgan fingerprint density at radius 1 is 1.40 bits per heavy atom. The monoisotopic (exact) mass is 282 g/mol. The number of hydrogen-bond acceptors (Lipinski definition) is 3. The third kappa shape index (κ3) is 3.72. The maximum absolute atomic E-state index is 11.9. The van der Waals surface area contributed by atoms with Gasteiger partial charge in [-0.1, -0.05) is 6.92 Å². The first kappa shape index (κ1) is 14.8. The Balaban J connectivity index is 2.06. The van der Waals surface area contributed by atoms with Gasteiger partial charge in [-0.15, -0.1) is 0 Å². The second-order valence-corrected chi connectivity index (χ2v) is 5.59. The van der Waals surface area contributed by atoms with Crippen molar-refractivity contribution in [1.29, 1.82) is 0 Å². The molecule has 0 spiro atoms. The van der Waals surface area contributed by atoms with Crippen molar-refractivity contribution in [3.63, 3.8) is 0 Å². The predicted molar refractivity (Wildman–Crippen MR) is 74.2 cm³/mol. The van der Waals surface area contributed by atoms with Crippen LogP contribution in [0.2, 0.25) is 0 Å². The van der Waals surface area contributed by atoms with E-state index in [0.29, 0.717) is 18.7 Å². The molecular formula is C14H24N3O3+. The summed E-state index contributed by atoms with van der Waals surface area (Å²) in [7, 11) is 0. The summed E-state index contributed by atoms with van der Waals surface area (Å²) in [5, 5.41) is 5.40. The molecule has 2 heterocycles. The zero-order valence-corrected chi connectivity index (χ0v) is 12.3. The number of carbonyl (C=O) groups is 2. The molecule has 0 aromatic rings. The molecule has 0 aliphatic carbocycles. The number of carbonyl (C=O) groups excluding carboxylic acids is 2. The van der Waals surface area contributed by atoms with Crippen LogP contribution in [0.4, 0.5) is 4.79 Å².